The number of aliphatic hydroxyl groups excluding tert-OH is 5. The topological polar surface area (TPSA) is 186 Å². The smallest absolute Gasteiger partial charge is 0.303 e. The minimum atomic E-state index is -1.69. The molecule has 0 aliphatic heterocycles. The van der Waals surface area contributed by atoms with Gasteiger partial charge in [0.05, 0.1) is 24.9 Å². The van der Waals surface area contributed by atoms with Crippen LogP contribution < -0.4 is 5.32 Å². The summed E-state index contributed by atoms with van der Waals surface area (Å²) >= 11 is 0. The summed E-state index contributed by atoms with van der Waals surface area (Å²) in [5.74, 6) is 9.01. The summed E-state index contributed by atoms with van der Waals surface area (Å²) in [6, 6.07) is 0. The summed E-state index contributed by atoms with van der Waals surface area (Å²) in [7, 11) is 3.90. The van der Waals surface area contributed by atoms with Gasteiger partial charge in [-0.05, 0) is 207 Å². The minimum Gasteiger partial charge on any atom is -0.481 e. The van der Waals surface area contributed by atoms with Gasteiger partial charge in [0, 0.05) is 33.6 Å². The van der Waals surface area contributed by atoms with Crippen molar-refractivity contribution in [3.8, 4) is 0 Å². The molecular weight excluding hydrogens is 871 g/mol. The van der Waals surface area contributed by atoms with Crippen LogP contribution in [-0.2, 0) is 19.1 Å². The molecule has 0 heterocycles. The molecule has 11 heteroatoms. The molecule has 0 aromatic heterocycles. The van der Waals surface area contributed by atoms with Gasteiger partial charge in [-0.3, -0.25) is 9.59 Å². The molecule has 0 saturated heterocycles. The Balaban J connectivity index is 0.000000214. The fourth-order valence-corrected chi connectivity index (χ4v) is 19.4. The molecule has 1 amide bonds. The molecule has 8 aliphatic rings. The standard InChI is InChI=1S/C32H57NO7.C26H44O3/c1-18-10-12-31(3)20(14-18)15-26(40-5)28-22-8-7-21(32(22,4)13-11-23(28)31)19(2)6-9-27(37)33-16-24(35)29(38)30(39)25(36)17-34;1-16-10-12-25(3)18(14-16)15-22(29-5)24-20-8-7-19(17(2)6-9-23(27)28)26(20,4)13-11-21(24)25/h18-26,28-30,34-36,38-39H,6-17H2,1-5H3,(H,33,37);16-22,24H,6-15H2,1-5H3,(H,27,28)/t18-,19-,20+,21-,22+,23+,24+,25-,26-,28+,29-,30-,31+,32-;16-,17-,18+,19-,20+,21+,22-,24+,25+,26-/m11/s1. The number of hydrogen-bond donors (Lipinski definition) is 7. The molecule has 0 spiro atoms. The number of fused-ring (bicyclic) bond motifs is 10. The quantitative estimate of drug-likeness (QED) is 0.0787. The molecule has 24 atom stereocenters. The zero-order valence-corrected chi connectivity index (χ0v) is 44.9. The van der Waals surface area contributed by atoms with Crippen molar-refractivity contribution in [1.82, 2.24) is 5.32 Å². The van der Waals surface area contributed by atoms with E-state index in [1.807, 2.05) is 14.2 Å². The number of nitrogens with one attached hydrogen (secondary N) is 1. The molecule has 8 rings (SSSR count). The molecular formula is C58H101NO10. The van der Waals surface area contributed by atoms with Crippen LogP contribution in [0, 0.1) is 105 Å². The molecule has 0 unspecified atom stereocenters. The van der Waals surface area contributed by atoms with Crippen LogP contribution >= 0.6 is 0 Å². The largest absolute Gasteiger partial charge is 0.481 e. The highest BCUT2D eigenvalue weighted by Gasteiger charge is 2.65. The lowest BCUT2D eigenvalue weighted by atomic mass is 9.43. The minimum absolute atomic E-state index is 0.198. The Kier molecular flexibility index (Phi) is 17.9. The van der Waals surface area contributed by atoms with E-state index >= 15 is 0 Å². The van der Waals surface area contributed by atoms with E-state index in [0.29, 0.717) is 82.7 Å². The van der Waals surface area contributed by atoms with Crippen molar-refractivity contribution in [2.24, 2.45) is 105 Å². The van der Waals surface area contributed by atoms with Crippen molar-refractivity contribution in [1.29, 1.82) is 0 Å². The number of carboxylic acids is 1. The summed E-state index contributed by atoms with van der Waals surface area (Å²) in [6.45, 7) is 18.9. The Bertz CT molecular complexity index is 1710. The third-order valence-corrected chi connectivity index (χ3v) is 23.4. The van der Waals surface area contributed by atoms with Crippen LogP contribution in [0.2, 0.25) is 0 Å². The summed E-state index contributed by atoms with van der Waals surface area (Å²) in [4.78, 5) is 23.7. The van der Waals surface area contributed by atoms with Crippen LogP contribution in [0.3, 0.4) is 0 Å². The maximum atomic E-state index is 12.6. The van der Waals surface area contributed by atoms with E-state index in [4.69, 9.17) is 19.7 Å². The van der Waals surface area contributed by atoms with E-state index in [1.165, 1.54) is 103 Å². The van der Waals surface area contributed by atoms with Gasteiger partial charge in [0.1, 0.15) is 18.3 Å². The second kappa shape index (κ2) is 22.2. The van der Waals surface area contributed by atoms with Gasteiger partial charge in [-0.25, -0.2) is 0 Å². The molecule has 0 aromatic carbocycles. The first-order valence-electron chi connectivity index (χ1n) is 28.4. The summed E-state index contributed by atoms with van der Waals surface area (Å²) in [5.41, 5.74) is 1.60. The van der Waals surface area contributed by atoms with Crippen molar-refractivity contribution in [2.45, 2.75) is 220 Å². The fraction of sp³-hybridized carbons (Fsp3) is 0.966. The molecule has 8 aliphatic carbocycles. The monoisotopic (exact) mass is 972 g/mol. The van der Waals surface area contributed by atoms with E-state index in [-0.39, 0.29) is 17.9 Å². The summed E-state index contributed by atoms with van der Waals surface area (Å²) in [5, 5.41) is 60.1. The molecule has 8 fully saturated rings. The Morgan fingerprint density at radius 2 is 0.986 bits per heavy atom. The number of carbonyl (C=O) groups is 2. The van der Waals surface area contributed by atoms with Gasteiger partial charge in [-0.15, -0.1) is 0 Å². The SMILES string of the molecule is CO[C@@H]1C[C@@H]2C[C@H](C)CC[C@]2(C)[C@H]2CC[C@]3(C)[C@@H]([C@H](C)CCC(=O)NC[C@H](O)[C@@H](O)[C@H](O)[C@H](O)CO)CC[C@H]3[C@H]12.CO[C@@H]1C[C@@H]2C[C@H](C)CC[C@]2(C)[C@H]2CC[C@]3(C)[C@@H]([C@H](C)CCC(=O)O)CC[C@H]3[C@H]12. The van der Waals surface area contributed by atoms with Crippen molar-refractivity contribution >= 4 is 11.9 Å². The third-order valence-electron chi connectivity index (χ3n) is 23.4. The van der Waals surface area contributed by atoms with E-state index < -0.39 is 37.0 Å². The molecule has 7 N–H and O–H groups in total. The fourth-order valence-electron chi connectivity index (χ4n) is 19.4. The van der Waals surface area contributed by atoms with Gasteiger partial charge in [-0.2, -0.15) is 0 Å². The lowest BCUT2D eigenvalue weighted by molar-refractivity contribution is -0.176. The number of aliphatic hydroxyl groups is 5. The number of carbonyl (C=O) groups excluding carboxylic acids is 1. The molecule has 8 saturated carbocycles. The van der Waals surface area contributed by atoms with Crippen molar-refractivity contribution in [3.63, 3.8) is 0 Å². The maximum absolute atomic E-state index is 12.6. The molecule has 69 heavy (non-hydrogen) atoms. The maximum Gasteiger partial charge on any atom is 0.303 e. The first kappa shape index (κ1) is 55.4. The Labute approximate surface area is 417 Å². The van der Waals surface area contributed by atoms with E-state index in [0.717, 1.165) is 54.3 Å². The predicted molar refractivity (Wildman–Crippen MR) is 270 cm³/mol. The highest BCUT2D eigenvalue weighted by Crippen LogP contribution is 2.71. The van der Waals surface area contributed by atoms with Crippen LogP contribution in [0.15, 0.2) is 0 Å². The Morgan fingerprint density at radius 1 is 0.580 bits per heavy atom. The average molecular weight is 972 g/mol. The first-order chi connectivity index (χ1) is 32.6. The first-order valence-corrected chi connectivity index (χ1v) is 28.4. The zero-order chi connectivity index (χ0) is 50.4. The number of amides is 1. The molecule has 11 nitrogen and oxygen atoms in total. The zero-order valence-electron chi connectivity index (χ0n) is 44.9. The van der Waals surface area contributed by atoms with E-state index in [9.17, 15) is 30.0 Å². The van der Waals surface area contributed by atoms with Crippen LogP contribution in [0.25, 0.3) is 0 Å². The second-order valence-corrected chi connectivity index (χ2v) is 26.7. The lowest BCUT2D eigenvalue weighted by Crippen LogP contribution is -2.58. The highest BCUT2D eigenvalue weighted by atomic mass is 16.5. The number of hydrogen-bond acceptors (Lipinski definition) is 9. The molecule has 0 radical (unpaired) electrons. The van der Waals surface area contributed by atoms with Gasteiger partial charge >= 0.3 is 5.97 Å². The van der Waals surface area contributed by atoms with Crippen molar-refractivity contribution in [2.75, 3.05) is 27.4 Å². The molecule has 398 valence electrons. The van der Waals surface area contributed by atoms with Crippen LogP contribution in [0.1, 0.15) is 184 Å². The van der Waals surface area contributed by atoms with E-state index in [2.05, 4.69) is 60.7 Å². The van der Waals surface area contributed by atoms with Gasteiger partial charge in [0.2, 0.25) is 5.91 Å². The summed E-state index contributed by atoms with van der Waals surface area (Å²) < 4.78 is 12.5. The highest BCUT2D eigenvalue weighted by molar-refractivity contribution is 5.75. The average Bonchev–Trinajstić information content (AvgIpc) is 3.87. The Hall–Kier alpha value is -1.34. The van der Waals surface area contributed by atoms with Crippen LogP contribution in [-0.4, -0.2) is 107 Å². The second-order valence-electron chi connectivity index (χ2n) is 26.7. The number of ether oxygens (including phenoxy) is 2. The van der Waals surface area contributed by atoms with Crippen LogP contribution in [0.5, 0.6) is 0 Å². The predicted octanol–water partition coefficient (Wildman–Crippen LogP) is 9.28. The van der Waals surface area contributed by atoms with Crippen LogP contribution in [0.4, 0.5) is 0 Å². The number of aliphatic carboxylic acids is 1. The van der Waals surface area contributed by atoms with Gasteiger partial charge in [0.25, 0.3) is 0 Å². The van der Waals surface area contributed by atoms with Crippen molar-refractivity contribution in [3.05, 3.63) is 0 Å². The van der Waals surface area contributed by atoms with E-state index in [1.54, 1.807) is 0 Å². The van der Waals surface area contributed by atoms with Gasteiger partial charge < -0.3 is 45.4 Å². The van der Waals surface area contributed by atoms with Crippen molar-refractivity contribution < 1.29 is 49.7 Å². The molecule has 0 bridgehead atoms. The number of methoxy groups -OCH3 is 2. The third kappa shape index (κ3) is 10.7. The lowest BCUT2D eigenvalue weighted by Gasteiger charge is -2.63. The Morgan fingerprint density at radius 3 is 1.41 bits per heavy atom. The van der Waals surface area contributed by atoms with Gasteiger partial charge in [0.15, 0.2) is 0 Å². The normalized spacial score (nSPS) is 46.1. The summed E-state index contributed by atoms with van der Waals surface area (Å²) in [6.07, 6.45) is 17.8. The van der Waals surface area contributed by atoms with Gasteiger partial charge in [-0.1, -0.05) is 68.2 Å². The number of rotatable bonds is 16. The molecule has 0 aromatic rings. The number of carboxylic acid groups (broad SMARTS) is 1.